The molecule has 0 aromatic carbocycles. The fraction of sp³-hybridized carbons (Fsp3) is 0.214. The number of hydrogen-bond acceptors (Lipinski definition) is 5. The molecule has 0 atom stereocenters. The molecule has 0 amide bonds. The lowest BCUT2D eigenvalue weighted by molar-refractivity contribution is 0.397. The van der Waals surface area contributed by atoms with Crippen molar-refractivity contribution in [2.75, 3.05) is 12.8 Å². The standard InChI is InChI=1S/C14H15N5O/c1-9-3-4-11-13(17-9)19(14(15)18-11)8-10-5-6-16-12(7-10)20-2/h3-7H,8H2,1-2H3,(H2,15,18). The van der Waals surface area contributed by atoms with Crippen molar-refractivity contribution in [2.24, 2.45) is 0 Å². The van der Waals surface area contributed by atoms with Crippen LogP contribution < -0.4 is 10.5 Å². The number of pyridine rings is 2. The molecule has 102 valence electrons. The largest absolute Gasteiger partial charge is 0.481 e. The number of hydrogen-bond donors (Lipinski definition) is 1. The number of nitrogens with two attached hydrogens (primary N) is 1. The maximum absolute atomic E-state index is 5.99. The van der Waals surface area contributed by atoms with Gasteiger partial charge in [-0.3, -0.25) is 4.57 Å². The molecule has 6 heteroatoms. The Labute approximate surface area is 116 Å². The highest BCUT2D eigenvalue weighted by Crippen LogP contribution is 2.19. The minimum absolute atomic E-state index is 0.453. The second kappa shape index (κ2) is 4.80. The summed E-state index contributed by atoms with van der Waals surface area (Å²) in [5.41, 5.74) is 9.55. The molecule has 0 spiro atoms. The summed E-state index contributed by atoms with van der Waals surface area (Å²) in [6.45, 7) is 2.53. The van der Waals surface area contributed by atoms with Gasteiger partial charge in [-0.05, 0) is 30.7 Å². The van der Waals surface area contributed by atoms with E-state index < -0.39 is 0 Å². The summed E-state index contributed by atoms with van der Waals surface area (Å²) < 4.78 is 7.01. The van der Waals surface area contributed by atoms with Crippen molar-refractivity contribution in [2.45, 2.75) is 13.5 Å². The molecule has 2 N–H and O–H groups in total. The van der Waals surface area contributed by atoms with Crippen LogP contribution in [0.1, 0.15) is 11.3 Å². The quantitative estimate of drug-likeness (QED) is 0.784. The van der Waals surface area contributed by atoms with Gasteiger partial charge in [0.2, 0.25) is 11.8 Å². The molecule has 3 aromatic rings. The van der Waals surface area contributed by atoms with E-state index in [2.05, 4.69) is 15.0 Å². The third kappa shape index (κ3) is 2.16. The Balaban J connectivity index is 2.05. The average Bonchev–Trinajstić information content (AvgIpc) is 2.75. The van der Waals surface area contributed by atoms with E-state index in [9.17, 15) is 0 Å². The van der Waals surface area contributed by atoms with Crippen LogP contribution in [0.5, 0.6) is 5.88 Å². The number of rotatable bonds is 3. The predicted molar refractivity (Wildman–Crippen MR) is 76.6 cm³/mol. The lowest BCUT2D eigenvalue weighted by Crippen LogP contribution is -2.06. The first-order valence-electron chi connectivity index (χ1n) is 6.25. The molecule has 0 saturated carbocycles. The van der Waals surface area contributed by atoms with E-state index in [1.807, 2.05) is 35.8 Å². The number of fused-ring (bicyclic) bond motifs is 1. The summed E-state index contributed by atoms with van der Waals surface area (Å²) in [6, 6.07) is 7.65. The van der Waals surface area contributed by atoms with Crippen LogP contribution in [-0.2, 0) is 6.54 Å². The fourth-order valence-electron chi connectivity index (χ4n) is 2.11. The first-order valence-corrected chi connectivity index (χ1v) is 6.25. The Morgan fingerprint density at radius 2 is 2.10 bits per heavy atom. The van der Waals surface area contributed by atoms with E-state index in [4.69, 9.17) is 10.5 Å². The van der Waals surface area contributed by atoms with Crippen LogP contribution in [0, 0.1) is 6.92 Å². The lowest BCUT2D eigenvalue weighted by atomic mass is 10.2. The monoisotopic (exact) mass is 269 g/mol. The Bertz CT molecular complexity index is 765. The number of aromatic nitrogens is 4. The molecule has 0 aliphatic carbocycles. The van der Waals surface area contributed by atoms with Crippen LogP contribution in [0.15, 0.2) is 30.5 Å². The van der Waals surface area contributed by atoms with E-state index in [1.165, 1.54) is 0 Å². The number of imidazole rings is 1. The van der Waals surface area contributed by atoms with Crippen molar-refractivity contribution in [1.29, 1.82) is 0 Å². The van der Waals surface area contributed by atoms with Crippen LogP contribution in [0.2, 0.25) is 0 Å². The minimum Gasteiger partial charge on any atom is -0.481 e. The molecule has 0 radical (unpaired) electrons. The summed E-state index contributed by atoms with van der Waals surface area (Å²) in [4.78, 5) is 12.9. The molecular formula is C14H15N5O. The van der Waals surface area contributed by atoms with Gasteiger partial charge in [-0.25, -0.2) is 15.0 Å². The molecule has 0 fully saturated rings. The van der Waals surface area contributed by atoms with E-state index in [0.717, 1.165) is 22.4 Å². The van der Waals surface area contributed by atoms with Gasteiger partial charge in [-0.1, -0.05) is 0 Å². The zero-order chi connectivity index (χ0) is 14.1. The summed E-state index contributed by atoms with van der Waals surface area (Å²) in [6.07, 6.45) is 1.71. The molecule has 6 nitrogen and oxygen atoms in total. The van der Waals surface area contributed by atoms with Crippen LogP contribution in [0.4, 0.5) is 5.95 Å². The molecule has 3 rings (SSSR count). The molecule has 3 aromatic heterocycles. The Morgan fingerprint density at radius 3 is 2.90 bits per heavy atom. The van der Waals surface area contributed by atoms with Gasteiger partial charge in [-0.15, -0.1) is 0 Å². The zero-order valence-corrected chi connectivity index (χ0v) is 11.4. The molecule has 3 heterocycles. The van der Waals surface area contributed by atoms with Gasteiger partial charge in [0.15, 0.2) is 5.65 Å². The van der Waals surface area contributed by atoms with E-state index >= 15 is 0 Å². The van der Waals surface area contributed by atoms with E-state index in [0.29, 0.717) is 18.4 Å². The van der Waals surface area contributed by atoms with Crippen molar-refractivity contribution < 1.29 is 4.74 Å². The summed E-state index contributed by atoms with van der Waals surface area (Å²) in [5.74, 6) is 1.03. The number of ether oxygens (including phenoxy) is 1. The molecule has 0 aliphatic heterocycles. The van der Waals surface area contributed by atoms with Gasteiger partial charge in [0, 0.05) is 18.0 Å². The smallest absolute Gasteiger partial charge is 0.213 e. The normalized spacial score (nSPS) is 10.9. The van der Waals surface area contributed by atoms with Gasteiger partial charge in [0.25, 0.3) is 0 Å². The first kappa shape index (κ1) is 12.4. The highest BCUT2D eigenvalue weighted by molar-refractivity contribution is 5.74. The van der Waals surface area contributed by atoms with Crippen molar-refractivity contribution >= 4 is 17.1 Å². The van der Waals surface area contributed by atoms with Crippen molar-refractivity contribution in [3.05, 3.63) is 41.7 Å². The maximum atomic E-state index is 5.99. The Hall–Kier alpha value is -2.63. The van der Waals surface area contributed by atoms with Crippen molar-refractivity contribution in [3.63, 3.8) is 0 Å². The third-order valence-corrected chi connectivity index (χ3v) is 3.11. The summed E-state index contributed by atoms with van der Waals surface area (Å²) in [7, 11) is 1.60. The van der Waals surface area contributed by atoms with Gasteiger partial charge < -0.3 is 10.5 Å². The number of methoxy groups -OCH3 is 1. The maximum Gasteiger partial charge on any atom is 0.213 e. The Morgan fingerprint density at radius 1 is 1.25 bits per heavy atom. The number of aryl methyl sites for hydroxylation is 1. The molecule has 0 aliphatic rings. The molecule has 0 saturated heterocycles. The van der Waals surface area contributed by atoms with Crippen LogP contribution >= 0.6 is 0 Å². The number of nitrogen functional groups attached to an aromatic ring is 1. The van der Waals surface area contributed by atoms with E-state index in [-0.39, 0.29) is 0 Å². The highest BCUT2D eigenvalue weighted by Gasteiger charge is 2.10. The van der Waals surface area contributed by atoms with Gasteiger partial charge in [-0.2, -0.15) is 0 Å². The predicted octanol–water partition coefficient (Wildman–Crippen LogP) is 1.77. The van der Waals surface area contributed by atoms with Gasteiger partial charge >= 0.3 is 0 Å². The van der Waals surface area contributed by atoms with Crippen molar-refractivity contribution in [3.8, 4) is 5.88 Å². The molecule has 20 heavy (non-hydrogen) atoms. The van der Waals surface area contributed by atoms with Gasteiger partial charge in [0.05, 0.1) is 13.7 Å². The Kier molecular flexibility index (Phi) is 2.98. The number of nitrogens with zero attached hydrogens (tertiary/aromatic N) is 4. The summed E-state index contributed by atoms with van der Waals surface area (Å²) in [5, 5.41) is 0. The van der Waals surface area contributed by atoms with Crippen LogP contribution in [0.25, 0.3) is 11.2 Å². The third-order valence-electron chi connectivity index (χ3n) is 3.11. The van der Waals surface area contributed by atoms with E-state index in [1.54, 1.807) is 13.3 Å². The molecular weight excluding hydrogens is 254 g/mol. The molecule has 0 bridgehead atoms. The van der Waals surface area contributed by atoms with Crippen LogP contribution in [0.3, 0.4) is 0 Å². The topological polar surface area (TPSA) is 78.9 Å². The SMILES string of the molecule is COc1cc(Cn2c(N)nc3ccc(C)nc32)ccn1. The second-order valence-corrected chi connectivity index (χ2v) is 4.56. The number of anilines is 1. The van der Waals surface area contributed by atoms with Crippen molar-refractivity contribution in [1.82, 2.24) is 19.5 Å². The first-order chi connectivity index (χ1) is 9.67. The summed E-state index contributed by atoms with van der Waals surface area (Å²) >= 11 is 0. The molecule has 0 unspecified atom stereocenters. The minimum atomic E-state index is 0.453. The fourth-order valence-corrected chi connectivity index (χ4v) is 2.11. The average molecular weight is 269 g/mol. The van der Waals surface area contributed by atoms with Crippen LogP contribution in [-0.4, -0.2) is 26.6 Å². The lowest BCUT2D eigenvalue weighted by Gasteiger charge is -2.07. The second-order valence-electron chi connectivity index (χ2n) is 4.56. The van der Waals surface area contributed by atoms with Gasteiger partial charge in [0.1, 0.15) is 5.52 Å². The zero-order valence-electron chi connectivity index (χ0n) is 11.4. The highest BCUT2D eigenvalue weighted by atomic mass is 16.5.